The minimum atomic E-state index is 0.735. The van der Waals surface area contributed by atoms with Crippen LogP contribution < -0.4 is 10.6 Å². The van der Waals surface area contributed by atoms with Crippen LogP contribution in [0, 0.1) is 6.92 Å². The summed E-state index contributed by atoms with van der Waals surface area (Å²) in [5, 5.41) is 0. The zero-order chi connectivity index (χ0) is 16.5. The molecule has 1 fully saturated rings. The van der Waals surface area contributed by atoms with Crippen LogP contribution in [0.25, 0.3) is 11.1 Å². The molecule has 0 radical (unpaired) electrons. The van der Waals surface area contributed by atoms with Crippen molar-refractivity contribution in [1.29, 1.82) is 0 Å². The molecule has 5 nitrogen and oxygen atoms in total. The van der Waals surface area contributed by atoms with Crippen molar-refractivity contribution in [3.05, 3.63) is 53.6 Å². The summed E-state index contributed by atoms with van der Waals surface area (Å²) >= 11 is 0. The van der Waals surface area contributed by atoms with Crippen LogP contribution in [0.3, 0.4) is 0 Å². The summed E-state index contributed by atoms with van der Waals surface area (Å²) in [4.78, 5) is 9.31. The Hall–Kier alpha value is -2.53. The quantitative estimate of drug-likeness (QED) is 0.751. The van der Waals surface area contributed by atoms with Gasteiger partial charge in [0.2, 0.25) is 0 Å². The number of aryl methyl sites for hydroxylation is 1. The summed E-state index contributed by atoms with van der Waals surface area (Å²) in [7, 11) is 0. The van der Waals surface area contributed by atoms with Crippen molar-refractivity contribution in [2.45, 2.75) is 13.5 Å². The maximum atomic E-state index is 5.91. The van der Waals surface area contributed by atoms with Gasteiger partial charge in [-0.15, -0.1) is 0 Å². The number of fused-ring (bicyclic) bond motifs is 1. The van der Waals surface area contributed by atoms with Crippen LogP contribution in [0.2, 0.25) is 0 Å². The van der Waals surface area contributed by atoms with Gasteiger partial charge in [-0.2, -0.15) is 4.98 Å². The van der Waals surface area contributed by atoms with Crippen LogP contribution in [-0.4, -0.2) is 36.1 Å². The van der Waals surface area contributed by atoms with Crippen LogP contribution in [0.1, 0.15) is 11.1 Å². The molecule has 0 aliphatic carbocycles. The minimum Gasteiger partial charge on any atom is -0.423 e. The average Bonchev–Trinajstić information content (AvgIpc) is 2.98. The lowest BCUT2D eigenvalue weighted by Crippen LogP contribution is -2.46. The molecule has 1 aliphatic heterocycles. The highest BCUT2D eigenvalue weighted by atomic mass is 16.4. The predicted molar refractivity (Wildman–Crippen MR) is 97.1 cm³/mol. The molecule has 0 unspecified atom stereocenters. The van der Waals surface area contributed by atoms with E-state index in [1.165, 1.54) is 11.1 Å². The van der Waals surface area contributed by atoms with Gasteiger partial charge in [0, 0.05) is 38.4 Å². The molecule has 2 heterocycles. The van der Waals surface area contributed by atoms with E-state index in [0.717, 1.165) is 55.5 Å². The van der Waals surface area contributed by atoms with Crippen molar-refractivity contribution in [2.75, 3.05) is 36.8 Å². The molecule has 2 aromatic carbocycles. The largest absolute Gasteiger partial charge is 0.423 e. The van der Waals surface area contributed by atoms with Crippen molar-refractivity contribution in [3.8, 4) is 0 Å². The van der Waals surface area contributed by atoms with E-state index < -0.39 is 0 Å². The molecule has 0 amide bonds. The highest BCUT2D eigenvalue weighted by Gasteiger charge is 2.21. The summed E-state index contributed by atoms with van der Waals surface area (Å²) in [6.45, 7) is 6.84. The Bertz CT molecular complexity index is 849. The Labute approximate surface area is 141 Å². The van der Waals surface area contributed by atoms with Crippen LogP contribution >= 0.6 is 0 Å². The number of piperazine rings is 1. The topological polar surface area (TPSA) is 58.5 Å². The van der Waals surface area contributed by atoms with Gasteiger partial charge in [-0.1, -0.05) is 18.2 Å². The molecule has 0 atom stereocenters. The van der Waals surface area contributed by atoms with Gasteiger partial charge >= 0.3 is 0 Å². The standard InChI is InChI=1S/C19H22N4O/c1-14-5-6-18-17(11-14)21-19(24-18)23-9-7-22(8-10-23)13-15-3-2-4-16(20)12-15/h2-6,11-12H,7-10,13,20H2,1H3. The zero-order valence-corrected chi connectivity index (χ0v) is 13.9. The molecule has 0 bridgehead atoms. The average molecular weight is 322 g/mol. The molecule has 2 N–H and O–H groups in total. The summed E-state index contributed by atoms with van der Waals surface area (Å²) in [5.41, 5.74) is 11.0. The third-order valence-corrected chi connectivity index (χ3v) is 4.53. The van der Waals surface area contributed by atoms with E-state index in [2.05, 4.69) is 46.0 Å². The van der Waals surface area contributed by atoms with Gasteiger partial charge in [0.15, 0.2) is 5.58 Å². The molecular weight excluding hydrogens is 300 g/mol. The van der Waals surface area contributed by atoms with Gasteiger partial charge in [-0.25, -0.2) is 0 Å². The van der Waals surface area contributed by atoms with Crippen LogP contribution in [0.15, 0.2) is 46.9 Å². The molecule has 1 aromatic heterocycles. The number of nitrogen functional groups attached to an aromatic ring is 1. The summed E-state index contributed by atoms with van der Waals surface area (Å²) in [6.07, 6.45) is 0. The number of hydrogen-bond acceptors (Lipinski definition) is 5. The van der Waals surface area contributed by atoms with Crippen molar-refractivity contribution in [2.24, 2.45) is 0 Å². The number of nitrogens with zero attached hydrogens (tertiary/aromatic N) is 3. The van der Waals surface area contributed by atoms with Gasteiger partial charge < -0.3 is 15.1 Å². The molecule has 4 rings (SSSR count). The summed E-state index contributed by atoms with van der Waals surface area (Å²) in [5.74, 6) is 0. The Balaban J connectivity index is 1.41. The highest BCUT2D eigenvalue weighted by Crippen LogP contribution is 2.24. The maximum absolute atomic E-state index is 5.91. The van der Waals surface area contributed by atoms with Gasteiger partial charge in [0.05, 0.1) is 0 Å². The maximum Gasteiger partial charge on any atom is 0.298 e. The van der Waals surface area contributed by atoms with Crippen molar-refractivity contribution in [3.63, 3.8) is 0 Å². The van der Waals surface area contributed by atoms with E-state index in [-0.39, 0.29) is 0 Å². The number of benzene rings is 2. The Morgan fingerprint density at radius 1 is 1.08 bits per heavy atom. The van der Waals surface area contributed by atoms with E-state index in [4.69, 9.17) is 10.2 Å². The van der Waals surface area contributed by atoms with E-state index in [9.17, 15) is 0 Å². The Morgan fingerprint density at radius 3 is 2.71 bits per heavy atom. The molecule has 124 valence electrons. The first-order chi connectivity index (χ1) is 11.7. The third kappa shape index (κ3) is 3.08. The number of oxazole rings is 1. The molecule has 5 heteroatoms. The second-order valence-electron chi connectivity index (χ2n) is 6.48. The SMILES string of the molecule is Cc1ccc2oc(N3CCN(Cc4cccc(N)c4)CC3)nc2c1. The van der Waals surface area contributed by atoms with Crippen molar-refractivity contribution >= 4 is 22.8 Å². The van der Waals surface area contributed by atoms with Crippen molar-refractivity contribution < 1.29 is 4.42 Å². The predicted octanol–water partition coefficient (Wildman–Crippen LogP) is 3.04. The van der Waals surface area contributed by atoms with Crippen LogP contribution in [0.4, 0.5) is 11.7 Å². The lowest BCUT2D eigenvalue weighted by molar-refractivity contribution is 0.245. The molecule has 1 aliphatic rings. The normalized spacial score (nSPS) is 16.0. The zero-order valence-electron chi connectivity index (χ0n) is 13.9. The third-order valence-electron chi connectivity index (χ3n) is 4.53. The van der Waals surface area contributed by atoms with E-state index in [1.54, 1.807) is 0 Å². The van der Waals surface area contributed by atoms with Crippen LogP contribution in [-0.2, 0) is 6.54 Å². The molecule has 3 aromatic rings. The number of anilines is 2. The number of aromatic nitrogens is 1. The first-order valence-corrected chi connectivity index (χ1v) is 8.36. The second-order valence-corrected chi connectivity index (χ2v) is 6.48. The van der Waals surface area contributed by atoms with Crippen LogP contribution in [0.5, 0.6) is 0 Å². The smallest absolute Gasteiger partial charge is 0.298 e. The Morgan fingerprint density at radius 2 is 1.92 bits per heavy atom. The Kier molecular flexibility index (Phi) is 3.86. The number of nitrogens with two attached hydrogens (primary N) is 1. The minimum absolute atomic E-state index is 0.735. The molecule has 0 saturated carbocycles. The fourth-order valence-electron chi connectivity index (χ4n) is 3.21. The van der Waals surface area contributed by atoms with E-state index >= 15 is 0 Å². The first-order valence-electron chi connectivity index (χ1n) is 8.36. The summed E-state index contributed by atoms with van der Waals surface area (Å²) < 4.78 is 5.91. The fourth-order valence-corrected chi connectivity index (χ4v) is 3.21. The van der Waals surface area contributed by atoms with Gasteiger partial charge in [0.25, 0.3) is 6.01 Å². The molecule has 1 saturated heterocycles. The fraction of sp³-hybridized carbons (Fsp3) is 0.316. The number of hydrogen-bond donors (Lipinski definition) is 1. The van der Waals surface area contributed by atoms with E-state index in [0.29, 0.717) is 0 Å². The first kappa shape index (κ1) is 15.0. The van der Waals surface area contributed by atoms with Gasteiger partial charge in [0.1, 0.15) is 5.52 Å². The van der Waals surface area contributed by atoms with Gasteiger partial charge in [-0.3, -0.25) is 4.90 Å². The molecular formula is C19H22N4O. The van der Waals surface area contributed by atoms with E-state index in [1.807, 2.05) is 18.2 Å². The molecule has 0 spiro atoms. The monoisotopic (exact) mass is 322 g/mol. The lowest BCUT2D eigenvalue weighted by atomic mass is 10.2. The van der Waals surface area contributed by atoms with Gasteiger partial charge in [-0.05, 0) is 42.3 Å². The summed E-state index contributed by atoms with van der Waals surface area (Å²) in [6, 6.07) is 15.0. The number of rotatable bonds is 3. The molecule has 24 heavy (non-hydrogen) atoms. The van der Waals surface area contributed by atoms with Crippen molar-refractivity contribution in [1.82, 2.24) is 9.88 Å². The second kappa shape index (κ2) is 6.17. The lowest BCUT2D eigenvalue weighted by Gasteiger charge is -2.33. The highest BCUT2D eigenvalue weighted by molar-refractivity contribution is 5.75.